The monoisotopic (exact) mass is 538 g/mol. The van der Waals surface area contributed by atoms with Gasteiger partial charge in [-0.3, -0.25) is 9.59 Å². The van der Waals surface area contributed by atoms with Crippen LogP contribution in [0.1, 0.15) is 55.9 Å². The minimum absolute atomic E-state index is 0.109. The predicted octanol–water partition coefficient (Wildman–Crippen LogP) is 3.61. The molecule has 3 aromatic rings. The zero-order valence-corrected chi connectivity index (χ0v) is 22.4. The van der Waals surface area contributed by atoms with Gasteiger partial charge in [0.05, 0.1) is 13.2 Å². The van der Waals surface area contributed by atoms with Gasteiger partial charge in [-0.25, -0.2) is 0 Å². The number of hydrogen-bond acceptors (Lipinski definition) is 8. The molecule has 11 heteroatoms. The van der Waals surface area contributed by atoms with E-state index in [1.807, 2.05) is 41.8 Å². The Labute approximate surface area is 226 Å². The van der Waals surface area contributed by atoms with E-state index in [-0.39, 0.29) is 30.5 Å². The van der Waals surface area contributed by atoms with Crippen LogP contribution in [0.15, 0.2) is 41.8 Å². The third-order valence-electron chi connectivity index (χ3n) is 7.15. The van der Waals surface area contributed by atoms with Crippen molar-refractivity contribution < 1.29 is 19.1 Å². The molecule has 1 aromatic carbocycles. The lowest BCUT2D eigenvalue weighted by Crippen LogP contribution is -2.49. The second kappa shape index (κ2) is 12.5. The lowest BCUT2D eigenvalue weighted by molar-refractivity contribution is -0.143. The maximum atomic E-state index is 13.8. The Morgan fingerprint density at radius 2 is 1.97 bits per heavy atom. The minimum Gasteiger partial charge on any atom is -0.497 e. The number of aromatic nitrogens is 4. The number of benzene rings is 1. The number of amides is 2. The second-order valence-electron chi connectivity index (χ2n) is 9.81. The fourth-order valence-electron chi connectivity index (χ4n) is 5.13. The first-order chi connectivity index (χ1) is 18.6. The van der Waals surface area contributed by atoms with Crippen LogP contribution >= 0.6 is 11.3 Å². The summed E-state index contributed by atoms with van der Waals surface area (Å²) in [6, 6.07) is 10.6. The van der Waals surface area contributed by atoms with Gasteiger partial charge in [0.1, 0.15) is 18.3 Å². The fraction of sp³-hybridized carbons (Fsp3) is 0.519. The summed E-state index contributed by atoms with van der Waals surface area (Å²) >= 11 is 1.48. The summed E-state index contributed by atoms with van der Waals surface area (Å²) in [7, 11) is 1.61. The molecule has 0 bridgehead atoms. The molecule has 10 nitrogen and oxygen atoms in total. The first-order valence-corrected chi connectivity index (χ1v) is 14.2. The lowest BCUT2D eigenvalue weighted by Gasteiger charge is -2.33. The summed E-state index contributed by atoms with van der Waals surface area (Å²) < 4.78 is 11.1. The van der Waals surface area contributed by atoms with Crippen LogP contribution in [0.5, 0.6) is 5.75 Å². The average molecular weight is 539 g/mol. The van der Waals surface area contributed by atoms with E-state index in [4.69, 9.17) is 9.47 Å². The van der Waals surface area contributed by atoms with Crippen molar-refractivity contribution in [3.8, 4) is 17.1 Å². The molecule has 1 saturated heterocycles. The van der Waals surface area contributed by atoms with Crippen molar-refractivity contribution in [1.82, 2.24) is 30.4 Å². The van der Waals surface area contributed by atoms with Gasteiger partial charge >= 0.3 is 0 Å². The number of methoxy groups -OCH3 is 1. The van der Waals surface area contributed by atoms with E-state index < -0.39 is 6.04 Å². The Bertz CT molecular complexity index is 1190. The maximum Gasteiger partial charge on any atom is 0.248 e. The zero-order valence-electron chi connectivity index (χ0n) is 21.6. The van der Waals surface area contributed by atoms with Crippen LogP contribution < -0.4 is 10.1 Å². The van der Waals surface area contributed by atoms with Crippen LogP contribution in [-0.4, -0.2) is 69.3 Å². The highest BCUT2D eigenvalue weighted by Crippen LogP contribution is 2.29. The van der Waals surface area contributed by atoms with Crippen LogP contribution in [0.3, 0.4) is 0 Å². The van der Waals surface area contributed by atoms with E-state index in [1.165, 1.54) is 22.6 Å². The van der Waals surface area contributed by atoms with E-state index in [9.17, 15) is 9.59 Å². The van der Waals surface area contributed by atoms with Crippen molar-refractivity contribution in [2.45, 2.75) is 69.7 Å². The molecule has 1 aliphatic heterocycles. The van der Waals surface area contributed by atoms with Crippen LogP contribution in [0, 0.1) is 0 Å². The molecule has 0 unspecified atom stereocenters. The number of nitrogens with zero attached hydrogens (tertiary/aromatic N) is 5. The van der Waals surface area contributed by atoms with Crippen molar-refractivity contribution in [1.29, 1.82) is 0 Å². The second-order valence-corrected chi connectivity index (χ2v) is 10.8. The SMILES string of the molecule is COc1ccc(-c2nnn(CC(=O)N(C[C@H]3CCCO3)[C@@H](C(=O)NC3CCCCC3)c3cccs3)n2)cc1. The molecule has 2 atom stereocenters. The normalized spacial score (nSPS) is 18.7. The number of hydrogen-bond donors (Lipinski definition) is 1. The lowest BCUT2D eigenvalue weighted by atomic mass is 9.95. The standard InChI is InChI=1S/C27H34N6O4S/c1-36-21-13-11-19(12-14-21)26-29-31-33(30-26)18-24(34)32(17-22-9-5-15-37-22)25(23-10-6-16-38-23)27(35)28-20-7-3-2-4-8-20/h6,10-14,16,20,22,25H,2-5,7-9,15,17-18H2,1H3,(H,28,35)/t22-,25-/m1/s1. The van der Waals surface area contributed by atoms with Crippen molar-refractivity contribution in [2.24, 2.45) is 0 Å². The van der Waals surface area contributed by atoms with Crippen LogP contribution in [0.2, 0.25) is 0 Å². The summed E-state index contributed by atoms with van der Waals surface area (Å²) in [5, 5.41) is 17.9. The van der Waals surface area contributed by atoms with Gasteiger partial charge in [0, 0.05) is 29.6 Å². The van der Waals surface area contributed by atoms with Crippen molar-refractivity contribution >= 4 is 23.2 Å². The van der Waals surface area contributed by atoms with E-state index in [0.717, 1.165) is 54.7 Å². The third kappa shape index (κ3) is 6.39. The predicted molar refractivity (Wildman–Crippen MR) is 143 cm³/mol. The summed E-state index contributed by atoms with van der Waals surface area (Å²) in [6.07, 6.45) is 7.06. The molecule has 202 valence electrons. The minimum atomic E-state index is -0.738. The highest BCUT2D eigenvalue weighted by Gasteiger charge is 2.36. The summed E-state index contributed by atoms with van der Waals surface area (Å²) in [5.74, 6) is 0.746. The van der Waals surface area contributed by atoms with E-state index in [1.54, 1.807) is 12.0 Å². The Morgan fingerprint density at radius 1 is 1.16 bits per heavy atom. The van der Waals surface area contributed by atoms with Crippen molar-refractivity contribution in [3.63, 3.8) is 0 Å². The Morgan fingerprint density at radius 3 is 2.66 bits per heavy atom. The zero-order chi connectivity index (χ0) is 26.3. The molecule has 5 rings (SSSR count). The Hall–Kier alpha value is -3.31. The quantitative estimate of drug-likeness (QED) is 0.420. The molecule has 2 amide bonds. The Balaban J connectivity index is 1.37. The van der Waals surface area contributed by atoms with Gasteiger partial charge < -0.3 is 19.7 Å². The van der Waals surface area contributed by atoms with Gasteiger partial charge in [0.2, 0.25) is 17.6 Å². The topological polar surface area (TPSA) is 111 Å². The molecule has 3 heterocycles. The largest absolute Gasteiger partial charge is 0.497 e. The summed E-state index contributed by atoms with van der Waals surface area (Å²) in [6.45, 7) is 0.870. The molecule has 0 spiro atoms. The van der Waals surface area contributed by atoms with Gasteiger partial charge in [0.25, 0.3) is 0 Å². The van der Waals surface area contributed by atoms with Gasteiger partial charge in [-0.15, -0.1) is 21.5 Å². The molecular weight excluding hydrogens is 504 g/mol. The van der Waals surface area contributed by atoms with Crippen LogP contribution in [-0.2, 0) is 20.9 Å². The smallest absolute Gasteiger partial charge is 0.248 e. The molecule has 1 N–H and O–H groups in total. The molecule has 1 aliphatic carbocycles. The highest BCUT2D eigenvalue weighted by atomic mass is 32.1. The fourth-order valence-corrected chi connectivity index (χ4v) is 5.97. The number of ether oxygens (including phenoxy) is 2. The van der Waals surface area contributed by atoms with Gasteiger partial charge in [-0.05, 0) is 66.6 Å². The number of nitrogens with one attached hydrogen (secondary N) is 1. The van der Waals surface area contributed by atoms with E-state index >= 15 is 0 Å². The van der Waals surface area contributed by atoms with Crippen LogP contribution in [0.4, 0.5) is 0 Å². The molecule has 2 aromatic heterocycles. The van der Waals surface area contributed by atoms with Gasteiger partial charge in [-0.1, -0.05) is 25.3 Å². The first-order valence-electron chi connectivity index (χ1n) is 13.3. The molecule has 2 aliphatic rings. The number of carbonyl (C=O) groups is 2. The Kier molecular flexibility index (Phi) is 8.65. The van der Waals surface area contributed by atoms with Gasteiger partial charge in [-0.2, -0.15) is 4.80 Å². The van der Waals surface area contributed by atoms with Crippen molar-refractivity contribution in [3.05, 3.63) is 46.7 Å². The maximum absolute atomic E-state index is 13.8. The third-order valence-corrected chi connectivity index (χ3v) is 8.07. The molecule has 38 heavy (non-hydrogen) atoms. The molecule has 1 saturated carbocycles. The highest BCUT2D eigenvalue weighted by molar-refractivity contribution is 7.10. The van der Waals surface area contributed by atoms with Crippen molar-refractivity contribution in [2.75, 3.05) is 20.3 Å². The molecule has 2 fully saturated rings. The number of carbonyl (C=O) groups excluding carboxylic acids is 2. The number of tetrazole rings is 1. The number of thiophene rings is 1. The first kappa shape index (κ1) is 26.3. The van der Waals surface area contributed by atoms with Crippen LogP contribution in [0.25, 0.3) is 11.4 Å². The van der Waals surface area contributed by atoms with E-state index in [0.29, 0.717) is 19.0 Å². The summed E-state index contributed by atoms with van der Waals surface area (Å²) in [5.41, 5.74) is 0.768. The van der Waals surface area contributed by atoms with Gasteiger partial charge in [0.15, 0.2) is 0 Å². The summed E-state index contributed by atoms with van der Waals surface area (Å²) in [4.78, 5) is 31.3. The average Bonchev–Trinajstić information content (AvgIpc) is 3.73. The number of rotatable bonds is 10. The molecule has 0 radical (unpaired) electrons. The van der Waals surface area contributed by atoms with E-state index in [2.05, 4.69) is 20.7 Å². The molecular formula is C27H34N6O4S.